The second-order valence-electron chi connectivity index (χ2n) is 3.87. The van der Waals surface area contributed by atoms with Gasteiger partial charge < -0.3 is 10.0 Å². The Morgan fingerprint density at radius 3 is 2.13 bits per heavy atom. The van der Waals surface area contributed by atoms with Crippen molar-refractivity contribution >= 4 is 10.0 Å². The molecule has 0 fully saturated rings. The Morgan fingerprint density at radius 2 is 1.67 bits per heavy atom. The number of likely N-dealkylation sites (N-methyl/N-ethyl adjacent to an activating group) is 2. The molecule has 0 rings (SSSR count). The van der Waals surface area contributed by atoms with Gasteiger partial charge in [0.05, 0.1) is 5.75 Å². The Hall–Kier alpha value is -0.170. The predicted molar refractivity (Wildman–Crippen MR) is 61.3 cm³/mol. The zero-order valence-electron chi connectivity index (χ0n) is 9.81. The van der Waals surface area contributed by atoms with E-state index in [0.29, 0.717) is 19.4 Å². The van der Waals surface area contributed by atoms with Crippen molar-refractivity contribution in [3.63, 3.8) is 0 Å². The number of aliphatic hydroxyl groups is 1. The summed E-state index contributed by atoms with van der Waals surface area (Å²) in [5.41, 5.74) is 0. The first-order chi connectivity index (χ1) is 6.90. The SMILES string of the molecule is CN(C)CCN(C)S(=O)(=O)CCCCO. The van der Waals surface area contributed by atoms with Crippen molar-refractivity contribution in [2.24, 2.45) is 0 Å². The minimum absolute atomic E-state index is 0.0525. The van der Waals surface area contributed by atoms with E-state index in [4.69, 9.17) is 5.11 Å². The van der Waals surface area contributed by atoms with Crippen LogP contribution in [0.5, 0.6) is 0 Å². The van der Waals surface area contributed by atoms with E-state index in [1.807, 2.05) is 19.0 Å². The molecule has 92 valence electrons. The van der Waals surface area contributed by atoms with Crippen LogP contribution in [-0.4, -0.2) is 69.3 Å². The molecule has 0 aromatic rings. The number of hydrogen-bond donors (Lipinski definition) is 1. The van der Waals surface area contributed by atoms with Gasteiger partial charge in [0, 0.05) is 26.7 Å². The molecule has 0 spiro atoms. The fourth-order valence-corrected chi connectivity index (χ4v) is 2.27. The van der Waals surface area contributed by atoms with E-state index in [1.165, 1.54) is 4.31 Å². The van der Waals surface area contributed by atoms with Gasteiger partial charge in [0.2, 0.25) is 10.0 Å². The van der Waals surface area contributed by atoms with E-state index in [-0.39, 0.29) is 12.4 Å². The molecule has 0 aliphatic rings. The molecule has 0 aromatic heterocycles. The molecule has 6 heteroatoms. The minimum Gasteiger partial charge on any atom is -0.396 e. The third kappa shape index (κ3) is 6.83. The summed E-state index contributed by atoms with van der Waals surface area (Å²) in [4.78, 5) is 1.94. The lowest BCUT2D eigenvalue weighted by molar-refractivity contribution is 0.286. The standard InChI is InChI=1S/C9H22N2O3S/c1-10(2)6-7-11(3)15(13,14)9-5-4-8-12/h12H,4-9H2,1-3H3. The number of aliphatic hydroxyl groups excluding tert-OH is 1. The van der Waals surface area contributed by atoms with Gasteiger partial charge in [-0.2, -0.15) is 0 Å². The van der Waals surface area contributed by atoms with Crippen LogP contribution in [0, 0.1) is 0 Å². The summed E-state index contributed by atoms with van der Waals surface area (Å²) >= 11 is 0. The van der Waals surface area contributed by atoms with Gasteiger partial charge in [-0.3, -0.25) is 0 Å². The quantitative estimate of drug-likeness (QED) is 0.584. The van der Waals surface area contributed by atoms with Crippen LogP contribution in [0.4, 0.5) is 0 Å². The van der Waals surface area contributed by atoms with Crippen molar-refractivity contribution < 1.29 is 13.5 Å². The Kier molecular flexibility index (Phi) is 7.08. The molecule has 1 N–H and O–H groups in total. The molecular weight excluding hydrogens is 216 g/mol. The lowest BCUT2D eigenvalue weighted by Crippen LogP contribution is -2.35. The number of rotatable bonds is 8. The molecule has 0 radical (unpaired) electrons. The van der Waals surface area contributed by atoms with Crippen LogP contribution in [0.3, 0.4) is 0 Å². The summed E-state index contributed by atoms with van der Waals surface area (Å²) in [6.45, 7) is 1.28. The Bertz CT molecular complexity index is 252. The second kappa shape index (κ2) is 7.16. The summed E-state index contributed by atoms with van der Waals surface area (Å²) in [5, 5.41) is 8.56. The number of hydrogen-bond acceptors (Lipinski definition) is 4. The predicted octanol–water partition coefficient (Wildman–Crippen LogP) is -0.418. The zero-order valence-corrected chi connectivity index (χ0v) is 10.6. The highest BCUT2D eigenvalue weighted by molar-refractivity contribution is 7.89. The van der Waals surface area contributed by atoms with E-state index < -0.39 is 10.0 Å². The Balaban J connectivity index is 3.97. The third-order valence-corrected chi connectivity index (χ3v) is 4.08. The summed E-state index contributed by atoms with van der Waals surface area (Å²) in [6.07, 6.45) is 1.06. The summed E-state index contributed by atoms with van der Waals surface area (Å²) in [7, 11) is 2.28. The third-order valence-electron chi connectivity index (χ3n) is 2.15. The fourth-order valence-electron chi connectivity index (χ4n) is 1.03. The molecule has 0 amide bonds. The van der Waals surface area contributed by atoms with E-state index in [9.17, 15) is 8.42 Å². The van der Waals surface area contributed by atoms with E-state index in [0.717, 1.165) is 6.54 Å². The van der Waals surface area contributed by atoms with Gasteiger partial charge in [-0.15, -0.1) is 0 Å². The van der Waals surface area contributed by atoms with Gasteiger partial charge in [0.1, 0.15) is 0 Å². The molecule has 0 heterocycles. The lowest BCUT2D eigenvalue weighted by atomic mass is 10.4. The van der Waals surface area contributed by atoms with Crippen molar-refractivity contribution in [3.05, 3.63) is 0 Å². The maximum absolute atomic E-state index is 11.6. The normalized spacial score (nSPS) is 12.7. The second-order valence-corrected chi connectivity index (χ2v) is 6.07. The average Bonchev–Trinajstić information content (AvgIpc) is 2.14. The first kappa shape index (κ1) is 14.8. The first-order valence-corrected chi connectivity index (χ1v) is 6.70. The van der Waals surface area contributed by atoms with Crippen LogP contribution in [0.1, 0.15) is 12.8 Å². The van der Waals surface area contributed by atoms with E-state index >= 15 is 0 Å². The smallest absolute Gasteiger partial charge is 0.213 e. The van der Waals surface area contributed by atoms with E-state index in [2.05, 4.69) is 0 Å². The van der Waals surface area contributed by atoms with Gasteiger partial charge in [-0.05, 0) is 26.9 Å². The summed E-state index contributed by atoms with van der Waals surface area (Å²) in [5.74, 6) is 0.123. The molecule has 0 bridgehead atoms. The van der Waals surface area contributed by atoms with Crippen LogP contribution in [0.2, 0.25) is 0 Å². The summed E-state index contributed by atoms with van der Waals surface area (Å²) < 4.78 is 24.7. The van der Waals surface area contributed by atoms with Crippen LogP contribution < -0.4 is 0 Å². The Labute approximate surface area is 92.7 Å². The van der Waals surface area contributed by atoms with Gasteiger partial charge >= 0.3 is 0 Å². The number of nitrogens with zero attached hydrogens (tertiary/aromatic N) is 2. The van der Waals surface area contributed by atoms with Gasteiger partial charge in [-0.1, -0.05) is 0 Å². The van der Waals surface area contributed by atoms with Gasteiger partial charge in [0.15, 0.2) is 0 Å². The van der Waals surface area contributed by atoms with Crippen LogP contribution >= 0.6 is 0 Å². The fraction of sp³-hybridized carbons (Fsp3) is 1.00. The number of unbranched alkanes of at least 4 members (excludes halogenated alkanes) is 1. The molecule has 5 nitrogen and oxygen atoms in total. The molecule has 0 unspecified atom stereocenters. The van der Waals surface area contributed by atoms with Crippen molar-refractivity contribution in [2.75, 3.05) is 46.6 Å². The zero-order chi connectivity index (χ0) is 11.9. The summed E-state index contributed by atoms with van der Waals surface area (Å²) in [6, 6.07) is 0. The highest BCUT2D eigenvalue weighted by Crippen LogP contribution is 2.02. The van der Waals surface area contributed by atoms with Crippen molar-refractivity contribution in [1.82, 2.24) is 9.21 Å². The maximum Gasteiger partial charge on any atom is 0.213 e. The minimum atomic E-state index is -3.13. The molecule has 0 saturated heterocycles. The van der Waals surface area contributed by atoms with Crippen LogP contribution in [0.15, 0.2) is 0 Å². The average molecular weight is 238 g/mol. The molecule has 0 atom stereocenters. The van der Waals surface area contributed by atoms with Crippen molar-refractivity contribution in [2.45, 2.75) is 12.8 Å². The van der Waals surface area contributed by atoms with Crippen molar-refractivity contribution in [1.29, 1.82) is 0 Å². The Morgan fingerprint density at radius 1 is 1.07 bits per heavy atom. The highest BCUT2D eigenvalue weighted by Gasteiger charge is 2.16. The van der Waals surface area contributed by atoms with Crippen molar-refractivity contribution in [3.8, 4) is 0 Å². The first-order valence-electron chi connectivity index (χ1n) is 5.09. The highest BCUT2D eigenvalue weighted by atomic mass is 32.2. The maximum atomic E-state index is 11.6. The van der Waals surface area contributed by atoms with Gasteiger partial charge in [-0.25, -0.2) is 12.7 Å². The van der Waals surface area contributed by atoms with E-state index in [1.54, 1.807) is 7.05 Å². The molecule has 0 saturated carbocycles. The monoisotopic (exact) mass is 238 g/mol. The molecule has 0 aromatic carbocycles. The lowest BCUT2D eigenvalue weighted by Gasteiger charge is -2.19. The number of sulfonamides is 1. The molecular formula is C9H22N2O3S. The molecule has 0 aliphatic heterocycles. The molecule has 0 aliphatic carbocycles. The largest absolute Gasteiger partial charge is 0.396 e. The topological polar surface area (TPSA) is 60.9 Å². The van der Waals surface area contributed by atoms with Crippen LogP contribution in [-0.2, 0) is 10.0 Å². The van der Waals surface area contributed by atoms with Crippen LogP contribution in [0.25, 0.3) is 0 Å². The molecule has 15 heavy (non-hydrogen) atoms. The van der Waals surface area contributed by atoms with Gasteiger partial charge in [0.25, 0.3) is 0 Å².